The van der Waals surface area contributed by atoms with Crippen LogP contribution in [-0.2, 0) is 11.2 Å². The molecule has 2 aromatic carbocycles. The highest BCUT2D eigenvalue weighted by Crippen LogP contribution is 2.32. The molecule has 1 unspecified atom stereocenters. The Morgan fingerprint density at radius 2 is 2.00 bits per heavy atom. The highest BCUT2D eigenvalue weighted by atomic mass is 79.9. The highest BCUT2D eigenvalue weighted by molar-refractivity contribution is 9.10. The van der Waals surface area contributed by atoms with Gasteiger partial charge in [-0.15, -0.1) is 0 Å². The molecule has 2 N–H and O–H groups in total. The molecule has 1 atom stereocenters. The fourth-order valence-electron chi connectivity index (χ4n) is 2.59. The monoisotopic (exact) mass is 330 g/mol. The van der Waals surface area contributed by atoms with Crippen molar-refractivity contribution >= 4 is 27.5 Å². The molecule has 3 rings (SSSR count). The molecule has 1 aliphatic heterocycles. The lowest BCUT2D eigenvalue weighted by molar-refractivity contribution is -0.117. The maximum atomic E-state index is 11.7. The van der Waals surface area contributed by atoms with Gasteiger partial charge in [-0.25, -0.2) is 0 Å². The van der Waals surface area contributed by atoms with Gasteiger partial charge in [0, 0.05) is 17.2 Å². The first-order chi connectivity index (χ1) is 9.58. The van der Waals surface area contributed by atoms with Crippen molar-refractivity contribution < 1.29 is 4.79 Å². The van der Waals surface area contributed by atoms with Crippen LogP contribution in [0.2, 0.25) is 0 Å². The number of halogens is 1. The van der Waals surface area contributed by atoms with Gasteiger partial charge in [-0.3, -0.25) is 4.79 Å². The van der Waals surface area contributed by atoms with Gasteiger partial charge in [-0.2, -0.15) is 0 Å². The molecular weight excluding hydrogens is 316 g/mol. The molecule has 1 heterocycles. The fourth-order valence-corrected chi connectivity index (χ4v) is 3.12. The SMILES string of the molecule is CN1C(=O)Cc2cc(C(N)c3ccccc3Br)ccc21. The van der Waals surface area contributed by atoms with Crippen LogP contribution in [0.5, 0.6) is 0 Å². The van der Waals surface area contributed by atoms with Crippen molar-refractivity contribution in [3.8, 4) is 0 Å². The van der Waals surface area contributed by atoms with Crippen molar-refractivity contribution in [2.45, 2.75) is 12.5 Å². The van der Waals surface area contributed by atoms with Crippen LogP contribution in [0.25, 0.3) is 0 Å². The normalized spacial score (nSPS) is 15.3. The Kier molecular flexibility index (Phi) is 3.36. The van der Waals surface area contributed by atoms with Gasteiger partial charge < -0.3 is 10.6 Å². The number of fused-ring (bicyclic) bond motifs is 1. The van der Waals surface area contributed by atoms with Gasteiger partial charge in [-0.05, 0) is 28.8 Å². The molecule has 2 aromatic rings. The van der Waals surface area contributed by atoms with Crippen LogP contribution >= 0.6 is 15.9 Å². The van der Waals surface area contributed by atoms with Gasteiger partial charge in [0.15, 0.2) is 0 Å². The number of amides is 1. The predicted octanol–water partition coefficient (Wildman–Crippen LogP) is 3.02. The summed E-state index contributed by atoms with van der Waals surface area (Å²) in [6.07, 6.45) is 0.461. The first kappa shape index (κ1) is 13.3. The Morgan fingerprint density at radius 1 is 1.25 bits per heavy atom. The maximum absolute atomic E-state index is 11.7. The second-order valence-electron chi connectivity index (χ2n) is 5.02. The Balaban J connectivity index is 1.99. The summed E-state index contributed by atoms with van der Waals surface area (Å²) in [5, 5.41) is 0. The van der Waals surface area contributed by atoms with Crippen molar-refractivity contribution in [3.63, 3.8) is 0 Å². The van der Waals surface area contributed by atoms with Crippen molar-refractivity contribution in [2.75, 3.05) is 11.9 Å². The second-order valence-corrected chi connectivity index (χ2v) is 5.87. The summed E-state index contributed by atoms with van der Waals surface area (Å²) < 4.78 is 1.00. The first-order valence-corrected chi connectivity index (χ1v) is 7.26. The molecule has 0 saturated heterocycles. The van der Waals surface area contributed by atoms with Crippen LogP contribution in [-0.4, -0.2) is 13.0 Å². The lowest BCUT2D eigenvalue weighted by Crippen LogP contribution is -2.20. The summed E-state index contributed by atoms with van der Waals surface area (Å²) in [6, 6.07) is 13.8. The average molecular weight is 331 g/mol. The van der Waals surface area contributed by atoms with Crippen molar-refractivity contribution in [1.82, 2.24) is 0 Å². The third-order valence-electron chi connectivity index (χ3n) is 3.78. The lowest BCUT2D eigenvalue weighted by Gasteiger charge is -2.16. The van der Waals surface area contributed by atoms with E-state index in [1.807, 2.05) is 49.5 Å². The van der Waals surface area contributed by atoms with E-state index in [1.165, 1.54) is 0 Å². The standard InChI is InChI=1S/C16H15BrN2O/c1-19-14-7-6-10(8-11(14)9-15(19)20)16(18)12-4-2-3-5-13(12)17/h2-8,16H,9,18H2,1H3. The van der Waals surface area contributed by atoms with Crippen molar-refractivity contribution in [3.05, 3.63) is 63.6 Å². The third kappa shape index (κ3) is 2.15. The fraction of sp³-hybridized carbons (Fsp3) is 0.188. The average Bonchev–Trinajstić information content (AvgIpc) is 2.73. The molecule has 0 bridgehead atoms. The van der Waals surface area contributed by atoms with Gasteiger partial charge in [0.2, 0.25) is 5.91 Å². The summed E-state index contributed by atoms with van der Waals surface area (Å²) in [7, 11) is 1.81. The van der Waals surface area contributed by atoms with Gasteiger partial charge in [0.05, 0.1) is 12.5 Å². The summed E-state index contributed by atoms with van der Waals surface area (Å²) >= 11 is 3.53. The molecule has 0 spiro atoms. The summed E-state index contributed by atoms with van der Waals surface area (Å²) in [4.78, 5) is 13.4. The molecular formula is C16H15BrN2O. The van der Waals surface area contributed by atoms with E-state index in [0.29, 0.717) is 6.42 Å². The topological polar surface area (TPSA) is 46.3 Å². The van der Waals surface area contributed by atoms with Gasteiger partial charge >= 0.3 is 0 Å². The zero-order valence-corrected chi connectivity index (χ0v) is 12.7. The Bertz CT molecular complexity index is 684. The minimum Gasteiger partial charge on any atom is -0.320 e. The number of anilines is 1. The predicted molar refractivity (Wildman–Crippen MR) is 83.7 cm³/mol. The number of benzene rings is 2. The molecule has 1 amide bonds. The Hall–Kier alpha value is -1.65. The number of hydrogen-bond acceptors (Lipinski definition) is 2. The number of likely N-dealkylation sites (N-methyl/N-ethyl adjacent to an activating group) is 1. The number of carbonyl (C=O) groups is 1. The molecule has 20 heavy (non-hydrogen) atoms. The lowest BCUT2D eigenvalue weighted by atomic mass is 9.97. The van der Waals surface area contributed by atoms with E-state index in [1.54, 1.807) is 4.90 Å². The Labute approximate surface area is 126 Å². The van der Waals surface area contributed by atoms with E-state index < -0.39 is 0 Å². The van der Waals surface area contributed by atoms with E-state index in [-0.39, 0.29) is 11.9 Å². The molecule has 0 saturated carbocycles. The molecule has 102 valence electrons. The first-order valence-electron chi connectivity index (χ1n) is 6.47. The number of nitrogens with two attached hydrogens (primary N) is 1. The second kappa shape index (κ2) is 5.04. The van der Waals surface area contributed by atoms with Gasteiger partial charge in [0.25, 0.3) is 0 Å². The Morgan fingerprint density at radius 3 is 2.75 bits per heavy atom. The zero-order chi connectivity index (χ0) is 14.3. The van der Waals surface area contributed by atoms with E-state index in [9.17, 15) is 4.79 Å². The number of hydrogen-bond donors (Lipinski definition) is 1. The quantitative estimate of drug-likeness (QED) is 0.919. The maximum Gasteiger partial charge on any atom is 0.231 e. The molecule has 3 nitrogen and oxygen atoms in total. The van der Waals surface area contributed by atoms with E-state index in [2.05, 4.69) is 15.9 Å². The largest absolute Gasteiger partial charge is 0.320 e. The minimum absolute atomic E-state index is 0.131. The molecule has 0 aliphatic carbocycles. The van der Waals surface area contributed by atoms with E-state index in [4.69, 9.17) is 5.73 Å². The van der Waals surface area contributed by atoms with Crippen molar-refractivity contribution in [2.24, 2.45) is 5.73 Å². The van der Waals surface area contributed by atoms with Crippen LogP contribution in [0.3, 0.4) is 0 Å². The summed E-state index contributed by atoms with van der Waals surface area (Å²) in [5.41, 5.74) is 10.5. The van der Waals surface area contributed by atoms with Crippen LogP contribution < -0.4 is 10.6 Å². The molecule has 4 heteroatoms. The van der Waals surface area contributed by atoms with Crippen molar-refractivity contribution in [1.29, 1.82) is 0 Å². The van der Waals surface area contributed by atoms with E-state index >= 15 is 0 Å². The van der Waals surface area contributed by atoms with Crippen LogP contribution in [0.4, 0.5) is 5.69 Å². The minimum atomic E-state index is -0.197. The smallest absolute Gasteiger partial charge is 0.231 e. The summed E-state index contributed by atoms with van der Waals surface area (Å²) in [5.74, 6) is 0.131. The van der Waals surface area contributed by atoms with Gasteiger partial charge in [0.1, 0.15) is 0 Å². The summed E-state index contributed by atoms with van der Waals surface area (Å²) in [6.45, 7) is 0. The molecule has 0 radical (unpaired) electrons. The van der Waals surface area contributed by atoms with Crippen LogP contribution in [0.15, 0.2) is 46.9 Å². The van der Waals surface area contributed by atoms with E-state index in [0.717, 1.165) is 26.9 Å². The molecule has 1 aliphatic rings. The number of carbonyl (C=O) groups excluding carboxylic acids is 1. The third-order valence-corrected chi connectivity index (χ3v) is 4.50. The number of rotatable bonds is 2. The van der Waals surface area contributed by atoms with Crippen LogP contribution in [0, 0.1) is 0 Å². The van der Waals surface area contributed by atoms with Crippen LogP contribution in [0.1, 0.15) is 22.7 Å². The van der Waals surface area contributed by atoms with Gasteiger partial charge in [-0.1, -0.05) is 46.3 Å². The zero-order valence-electron chi connectivity index (χ0n) is 11.1. The highest BCUT2D eigenvalue weighted by Gasteiger charge is 2.25. The number of nitrogens with zero attached hydrogens (tertiary/aromatic N) is 1. The molecule has 0 aromatic heterocycles. The molecule has 0 fully saturated rings.